The fourth-order valence-corrected chi connectivity index (χ4v) is 0.887. The molecule has 1 aromatic carbocycles. The third kappa shape index (κ3) is 1.91. The Kier molecular flexibility index (Phi) is 2.78. The van der Waals surface area contributed by atoms with E-state index in [1.807, 2.05) is 6.07 Å². The minimum Gasteiger partial charge on any atom is -0.479 e. The third-order valence-corrected chi connectivity index (χ3v) is 1.50. The fourth-order valence-electron chi connectivity index (χ4n) is 0.887. The van der Waals surface area contributed by atoms with Gasteiger partial charge in [-0.15, -0.1) is 6.42 Å². The van der Waals surface area contributed by atoms with E-state index in [4.69, 9.17) is 22.2 Å². The van der Waals surface area contributed by atoms with Crippen LogP contribution >= 0.6 is 0 Å². The van der Waals surface area contributed by atoms with Crippen molar-refractivity contribution in [2.75, 3.05) is 12.3 Å². The number of ether oxygens (including phenoxy) is 1. The SMILES string of the molecule is C#CCOc1cccc(C#N)c1N. The number of nitrogens with zero attached hydrogens (tertiary/aromatic N) is 1. The molecular formula is C10H8N2O. The average Bonchev–Trinajstić information content (AvgIpc) is 2.16. The summed E-state index contributed by atoms with van der Waals surface area (Å²) in [6.07, 6.45) is 5.02. The Morgan fingerprint density at radius 2 is 2.31 bits per heavy atom. The van der Waals surface area contributed by atoms with Crippen LogP contribution in [0.3, 0.4) is 0 Å². The molecule has 0 aromatic heterocycles. The fraction of sp³-hybridized carbons (Fsp3) is 0.100. The second-order valence-electron chi connectivity index (χ2n) is 2.32. The summed E-state index contributed by atoms with van der Waals surface area (Å²) in [6, 6.07) is 6.95. The molecule has 0 amide bonds. The number of hydrogen-bond acceptors (Lipinski definition) is 3. The molecule has 2 N–H and O–H groups in total. The van der Waals surface area contributed by atoms with E-state index in [9.17, 15) is 0 Å². The Labute approximate surface area is 76.7 Å². The summed E-state index contributed by atoms with van der Waals surface area (Å²) in [7, 11) is 0. The molecule has 0 unspecified atom stereocenters. The summed E-state index contributed by atoms with van der Waals surface area (Å²) >= 11 is 0. The quantitative estimate of drug-likeness (QED) is 0.537. The van der Waals surface area contributed by atoms with Gasteiger partial charge >= 0.3 is 0 Å². The summed E-state index contributed by atoms with van der Waals surface area (Å²) in [6.45, 7) is 0.152. The Bertz CT molecular complexity index is 385. The first-order valence-corrected chi connectivity index (χ1v) is 3.64. The van der Waals surface area contributed by atoms with Crippen molar-refractivity contribution < 1.29 is 4.74 Å². The van der Waals surface area contributed by atoms with Crippen LogP contribution in [0.25, 0.3) is 0 Å². The highest BCUT2D eigenvalue weighted by Crippen LogP contribution is 2.24. The zero-order chi connectivity index (χ0) is 9.68. The van der Waals surface area contributed by atoms with Gasteiger partial charge in [0.05, 0.1) is 11.3 Å². The van der Waals surface area contributed by atoms with Gasteiger partial charge in [0.1, 0.15) is 18.4 Å². The van der Waals surface area contributed by atoms with Crippen molar-refractivity contribution in [1.82, 2.24) is 0 Å². The van der Waals surface area contributed by atoms with E-state index in [0.29, 0.717) is 17.0 Å². The van der Waals surface area contributed by atoms with Gasteiger partial charge in [0.15, 0.2) is 0 Å². The van der Waals surface area contributed by atoms with E-state index in [1.54, 1.807) is 18.2 Å². The number of nitrogen functional groups attached to an aromatic ring is 1. The van der Waals surface area contributed by atoms with Crippen LogP contribution in [0.15, 0.2) is 18.2 Å². The Hall–Kier alpha value is -2.13. The van der Waals surface area contributed by atoms with Crippen LogP contribution in [0.5, 0.6) is 5.75 Å². The third-order valence-electron chi connectivity index (χ3n) is 1.50. The van der Waals surface area contributed by atoms with Crippen molar-refractivity contribution in [2.24, 2.45) is 0 Å². The van der Waals surface area contributed by atoms with Gasteiger partial charge in [-0.3, -0.25) is 0 Å². The number of anilines is 1. The smallest absolute Gasteiger partial charge is 0.148 e. The first kappa shape index (κ1) is 8.96. The van der Waals surface area contributed by atoms with Gasteiger partial charge in [-0.05, 0) is 12.1 Å². The topological polar surface area (TPSA) is 59.0 Å². The number of hydrogen-bond donors (Lipinski definition) is 1. The van der Waals surface area contributed by atoms with Crippen LogP contribution in [0.2, 0.25) is 0 Å². The van der Waals surface area contributed by atoms with Gasteiger partial charge < -0.3 is 10.5 Å². The summed E-state index contributed by atoms with van der Waals surface area (Å²) in [5.74, 6) is 2.78. The molecule has 0 saturated carbocycles. The lowest BCUT2D eigenvalue weighted by atomic mass is 10.2. The second kappa shape index (κ2) is 4.04. The van der Waals surface area contributed by atoms with Crippen LogP contribution in [0.1, 0.15) is 5.56 Å². The minimum atomic E-state index is 0.152. The van der Waals surface area contributed by atoms with Crippen molar-refractivity contribution in [3.8, 4) is 24.2 Å². The van der Waals surface area contributed by atoms with Crippen LogP contribution in [0.4, 0.5) is 5.69 Å². The lowest BCUT2D eigenvalue weighted by molar-refractivity contribution is 0.372. The molecule has 0 aliphatic rings. The lowest BCUT2D eigenvalue weighted by Crippen LogP contribution is -1.99. The van der Waals surface area contributed by atoms with Crippen molar-refractivity contribution in [3.63, 3.8) is 0 Å². The maximum Gasteiger partial charge on any atom is 0.148 e. The van der Waals surface area contributed by atoms with Crippen molar-refractivity contribution >= 4 is 5.69 Å². The molecule has 0 aliphatic carbocycles. The number of nitriles is 1. The van der Waals surface area contributed by atoms with E-state index in [0.717, 1.165) is 0 Å². The molecule has 0 radical (unpaired) electrons. The van der Waals surface area contributed by atoms with E-state index in [2.05, 4.69) is 5.92 Å². The van der Waals surface area contributed by atoms with Gasteiger partial charge in [-0.2, -0.15) is 5.26 Å². The molecule has 64 valence electrons. The second-order valence-corrected chi connectivity index (χ2v) is 2.32. The standard InChI is InChI=1S/C10H8N2O/c1-2-6-13-9-5-3-4-8(7-11)10(9)12/h1,3-5H,6,12H2. The first-order chi connectivity index (χ1) is 6.29. The number of benzene rings is 1. The number of para-hydroxylation sites is 1. The van der Waals surface area contributed by atoms with Crippen molar-refractivity contribution in [2.45, 2.75) is 0 Å². The summed E-state index contributed by atoms with van der Waals surface area (Å²) in [4.78, 5) is 0. The van der Waals surface area contributed by atoms with Crippen LogP contribution in [0, 0.1) is 23.7 Å². The predicted molar refractivity (Wildman–Crippen MR) is 49.9 cm³/mol. The number of nitrogens with two attached hydrogens (primary N) is 1. The highest BCUT2D eigenvalue weighted by atomic mass is 16.5. The largest absolute Gasteiger partial charge is 0.479 e. The van der Waals surface area contributed by atoms with Gasteiger partial charge in [-0.25, -0.2) is 0 Å². The maximum atomic E-state index is 8.64. The Morgan fingerprint density at radius 3 is 2.92 bits per heavy atom. The molecule has 0 fully saturated rings. The summed E-state index contributed by atoms with van der Waals surface area (Å²) in [5.41, 5.74) is 6.35. The zero-order valence-electron chi connectivity index (χ0n) is 6.95. The summed E-state index contributed by atoms with van der Waals surface area (Å²) < 4.78 is 5.12. The van der Waals surface area contributed by atoms with Gasteiger partial charge in [0.25, 0.3) is 0 Å². The molecular weight excluding hydrogens is 164 g/mol. The monoisotopic (exact) mass is 172 g/mol. The molecule has 0 saturated heterocycles. The molecule has 0 aliphatic heterocycles. The maximum absolute atomic E-state index is 8.64. The molecule has 0 spiro atoms. The molecule has 3 nitrogen and oxygen atoms in total. The average molecular weight is 172 g/mol. The van der Waals surface area contributed by atoms with E-state index < -0.39 is 0 Å². The highest BCUT2D eigenvalue weighted by Gasteiger charge is 2.03. The number of terminal acetylenes is 1. The minimum absolute atomic E-state index is 0.152. The highest BCUT2D eigenvalue weighted by molar-refractivity contribution is 5.63. The zero-order valence-corrected chi connectivity index (χ0v) is 6.95. The van der Waals surface area contributed by atoms with E-state index >= 15 is 0 Å². The lowest BCUT2D eigenvalue weighted by Gasteiger charge is -2.05. The van der Waals surface area contributed by atoms with Gasteiger partial charge in [-0.1, -0.05) is 12.0 Å². The molecule has 13 heavy (non-hydrogen) atoms. The van der Waals surface area contributed by atoms with E-state index in [1.165, 1.54) is 0 Å². The molecule has 1 aromatic rings. The summed E-state index contributed by atoms with van der Waals surface area (Å²) in [5, 5.41) is 8.64. The molecule has 3 heteroatoms. The Morgan fingerprint density at radius 1 is 1.54 bits per heavy atom. The van der Waals surface area contributed by atoms with E-state index in [-0.39, 0.29) is 6.61 Å². The normalized spacial score (nSPS) is 8.46. The van der Waals surface area contributed by atoms with Gasteiger partial charge in [0, 0.05) is 0 Å². The Balaban J connectivity index is 2.98. The molecule has 0 atom stereocenters. The van der Waals surface area contributed by atoms with Crippen molar-refractivity contribution in [3.05, 3.63) is 23.8 Å². The number of rotatable bonds is 2. The van der Waals surface area contributed by atoms with Crippen LogP contribution in [-0.2, 0) is 0 Å². The molecule has 1 rings (SSSR count). The first-order valence-electron chi connectivity index (χ1n) is 3.64. The van der Waals surface area contributed by atoms with Crippen LogP contribution < -0.4 is 10.5 Å². The van der Waals surface area contributed by atoms with Crippen molar-refractivity contribution in [1.29, 1.82) is 5.26 Å². The van der Waals surface area contributed by atoms with Crippen LogP contribution in [-0.4, -0.2) is 6.61 Å². The molecule has 0 bridgehead atoms. The predicted octanol–water partition coefficient (Wildman–Crippen LogP) is 1.15. The van der Waals surface area contributed by atoms with Gasteiger partial charge in [0.2, 0.25) is 0 Å². The molecule has 0 heterocycles.